The van der Waals surface area contributed by atoms with E-state index in [0.717, 1.165) is 10.2 Å². The maximum absolute atomic E-state index is 12.0. The Balaban J connectivity index is 1.62. The molecule has 1 atom stereocenters. The lowest BCUT2D eigenvalue weighted by molar-refractivity contribution is -0.389. The topological polar surface area (TPSA) is 106 Å². The number of nitrogens with zero attached hydrogens (tertiary/aromatic N) is 3. The molecule has 0 amide bonds. The highest BCUT2D eigenvalue weighted by Gasteiger charge is 2.19. The average molecular weight is 333 g/mol. The van der Waals surface area contributed by atoms with E-state index in [1.54, 1.807) is 25.1 Å². The van der Waals surface area contributed by atoms with E-state index in [1.165, 1.54) is 12.3 Å². The maximum atomic E-state index is 12.0. The minimum atomic E-state index is -0.625. The lowest BCUT2D eigenvalue weighted by atomic mass is 10.1. The van der Waals surface area contributed by atoms with Gasteiger partial charge in [0.1, 0.15) is 19.3 Å². The molecular formula is C15H15N3O6. The third-order valence-electron chi connectivity index (χ3n) is 3.45. The number of esters is 1. The van der Waals surface area contributed by atoms with Crippen molar-refractivity contribution in [1.29, 1.82) is 0 Å². The summed E-state index contributed by atoms with van der Waals surface area (Å²) >= 11 is 0. The predicted octanol–water partition coefficient (Wildman–Crippen LogP) is 1.87. The molecule has 9 heteroatoms. The van der Waals surface area contributed by atoms with E-state index >= 15 is 0 Å². The minimum Gasteiger partial charge on any atom is -0.486 e. The average Bonchev–Trinajstić information content (AvgIpc) is 3.03. The Morgan fingerprint density at radius 1 is 1.38 bits per heavy atom. The van der Waals surface area contributed by atoms with Gasteiger partial charge in [-0.15, -0.1) is 0 Å². The van der Waals surface area contributed by atoms with Crippen molar-refractivity contribution in [2.45, 2.75) is 19.6 Å². The van der Waals surface area contributed by atoms with Crippen molar-refractivity contribution in [3.05, 3.63) is 46.1 Å². The first-order valence-corrected chi connectivity index (χ1v) is 7.30. The summed E-state index contributed by atoms with van der Waals surface area (Å²) in [5, 5.41) is 14.2. The zero-order valence-corrected chi connectivity index (χ0v) is 12.9. The first kappa shape index (κ1) is 15.8. The molecule has 126 valence electrons. The third-order valence-corrected chi connectivity index (χ3v) is 3.45. The Morgan fingerprint density at radius 3 is 2.83 bits per heavy atom. The fourth-order valence-corrected chi connectivity index (χ4v) is 2.28. The van der Waals surface area contributed by atoms with E-state index in [4.69, 9.17) is 14.2 Å². The van der Waals surface area contributed by atoms with Gasteiger partial charge in [-0.2, -0.15) is 4.68 Å². The normalized spacial score (nSPS) is 14.0. The number of carbonyl (C=O) groups is 1. The number of benzene rings is 1. The molecule has 0 fully saturated rings. The number of hydrogen-bond donors (Lipinski definition) is 0. The second kappa shape index (κ2) is 6.57. The Hall–Kier alpha value is -3.10. The zero-order valence-electron chi connectivity index (χ0n) is 12.9. The molecule has 1 aliphatic rings. The number of carbonyl (C=O) groups excluding carboxylic acids is 1. The SMILES string of the molecule is C[C@H](OC(=O)Cn1ccc([N+](=O)[O-])n1)c1ccc2c(c1)OCCO2. The van der Waals surface area contributed by atoms with Gasteiger partial charge >= 0.3 is 11.8 Å². The van der Waals surface area contributed by atoms with Gasteiger partial charge < -0.3 is 24.3 Å². The van der Waals surface area contributed by atoms with Crippen LogP contribution in [0.2, 0.25) is 0 Å². The second-order valence-corrected chi connectivity index (χ2v) is 5.16. The fraction of sp³-hybridized carbons (Fsp3) is 0.333. The van der Waals surface area contributed by atoms with Crippen molar-refractivity contribution in [2.75, 3.05) is 13.2 Å². The van der Waals surface area contributed by atoms with Crippen molar-refractivity contribution in [1.82, 2.24) is 9.78 Å². The van der Waals surface area contributed by atoms with Crippen LogP contribution >= 0.6 is 0 Å². The Kier molecular flexibility index (Phi) is 4.32. The highest BCUT2D eigenvalue weighted by molar-refractivity contribution is 5.69. The molecule has 0 N–H and O–H groups in total. The van der Waals surface area contributed by atoms with Crippen molar-refractivity contribution in [3.8, 4) is 11.5 Å². The van der Waals surface area contributed by atoms with Crippen LogP contribution in [-0.2, 0) is 16.1 Å². The molecule has 0 unspecified atom stereocenters. The highest BCUT2D eigenvalue weighted by Crippen LogP contribution is 2.33. The zero-order chi connectivity index (χ0) is 17.1. The molecule has 9 nitrogen and oxygen atoms in total. The number of hydrogen-bond acceptors (Lipinski definition) is 7. The van der Waals surface area contributed by atoms with E-state index in [0.29, 0.717) is 24.7 Å². The number of rotatable bonds is 5. The number of aromatic nitrogens is 2. The molecule has 0 saturated heterocycles. The summed E-state index contributed by atoms with van der Waals surface area (Å²) in [4.78, 5) is 21.9. The summed E-state index contributed by atoms with van der Waals surface area (Å²) in [7, 11) is 0. The van der Waals surface area contributed by atoms with Crippen LogP contribution in [0.1, 0.15) is 18.6 Å². The summed E-state index contributed by atoms with van der Waals surface area (Å²) in [6, 6.07) is 6.55. The smallest absolute Gasteiger partial charge is 0.389 e. The van der Waals surface area contributed by atoms with Gasteiger partial charge in [-0.25, -0.2) is 4.79 Å². The fourth-order valence-electron chi connectivity index (χ4n) is 2.28. The van der Waals surface area contributed by atoms with Crippen molar-refractivity contribution in [3.63, 3.8) is 0 Å². The largest absolute Gasteiger partial charge is 0.486 e. The van der Waals surface area contributed by atoms with E-state index in [9.17, 15) is 14.9 Å². The maximum Gasteiger partial charge on any atom is 0.389 e. The Morgan fingerprint density at radius 2 is 2.12 bits per heavy atom. The van der Waals surface area contributed by atoms with Crippen LogP contribution in [0.4, 0.5) is 5.82 Å². The highest BCUT2D eigenvalue weighted by atomic mass is 16.6. The van der Waals surface area contributed by atoms with Gasteiger partial charge in [0.2, 0.25) is 0 Å². The Bertz CT molecular complexity index is 772. The molecule has 0 radical (unpaired) electrons. The molecule has 0 saturated carbocycles. The van der Waals surface area contributed by atoms with Gasteiger partial charge in [0.15, 0.2) is 18.0 Å². The van der Waals surface area contributed by atoms with E-state index in [1.807, 2.05) is 0 Å². The molecular weight excluding hydrogens is 318 g/mol. The van der Waals surface area contributed by atoms with Crippen LogP contribution in [-0.4, -0.2) is 33.9 Å². The quantitative estimate of drug-likeness (QED) is 0.467. The molecule has 2 heterocycles. The van der Waals surface area contributed by atoms with Crippen LogP contribution in [0.3, 0.4) is 0 Å². The monoisotopic (exact) mass is 333 g/mol. The Labute approximate surface area is 136 Å². The summed E-state index contributed by atoms with van der Waals surface area (Å²) in [6.07, 6.45) is 0.854. The van der Waals surface area contributed by atoms with Gasteiger partial charge in [0, 0.05) is 0 Å². The summed E-state index contributed by atoms with van der Waals surface area (Å²) in [5.74, 6) is 0.412. The molecule has 0 aliphatic carbocycles. The van der Waals surface area contributed by atoms with E-state index in [-0.39, 0.29) is 12.4 Å². The van der Waals surface area contributed by atoms with Crippen molar-refractivity contribution < 1.29 is 23.9 Å². The number of ether oxygens (including phenoxy) is 3. The molecule has 24 heavy (non-hydrogen) atoms. The van der Waals surface area contributed by atoms with Crippen LogP contribution in [0.25, 0.3) is 0 Å². The molecule has 0 bridgehead atoms. The number of nitro groups is 1. The standard InChI is InChI=1S/C15H15N3O6/c1-10(11-2-3-12-13(8-11)23-7-6-22-12)24-15(19)9-17-5-4-14(16-17)18(20)21/h2-5,8,10H,6-7,9H2,1H3/t10-/m0/s1. The molecule has 1 aromatic carbocycles. The van der Waals surface area contributed by atoms with E-state index < -0.39 is 17.0 Å². The van der Waals surface area contributed by atoms with Crippen molar-refractivity contribution >= 4 is 11.8 Å². The predicted molar refractivity (Wildman–Crippen MR) is 80.8 cm³/mol. The molecule has 1 aromatic heterocycles. The van der Waals surface area contributed by atoms with Gasteiger partial charge in [-0.05, 0) is 29.5 Å². The number of fused-ring (bicyclic) bond motifs is 1. The van der Waals surface area contributed by atoms with Gasteiger partial charge in [0.05, 0.1) is 17.4 Å². The lowest BCUT2D eigenvalue weighted by Crippen LogP contribution is -2.17. The first-order valence-electron chi connectivity index (χ1n) is 7.30. The summed E-state index contributed by atoms with van der Waals surface area (Å²) in [5.41, 5.74) is 0.763. The molecule has 0 spiro atoms. The minimum absolute atomic E-state index is 0.206. The van der Waals surface area contributed by atoms with Crippen LogP contribution in [0.5, 0.6) is 11.5 Å². The first-order chi connectivity index (χ1) is 11.5. The van der Waals surface area contributed by atoms with E-state index in [2.05, 4.69) is 5.10 Å². The summed E-state index contributed by atoms with van der Waals surface area (Å²) in [6.45, 7) is 2.51. The molecule has 3 rings (SSSR count). The van der Waals surface area contributed by atoms with Gasteiger partial charge in [-0.3, -0.25) is 0 Å². The summed E-state index contributed by atoms with van der Waals surface area (Å²) < 4.78 is 17.4. The van der Waals surface area contributed by atoms with Gasteiger partial charge in [-0.1, -0.05) is 6.07 Å². The lowest BCUT2D eigenvalue weighted by Gasteiger charge is -2.20. The van der Waals surface area contributed by atoms with Crippen LogP contribution in [0.15, 0.2) is 30.5 Å². The molecule has 2 aromatic rings. The van der Waals surface area contributed by atoms with Crippen molar-refractivity contribution in [2.24, 2.45) is 0 Å². The third kappa shape index (κ3) is 3.45. The van der Waals surface area contributed by atoms with Crippen LogP contribution in [0, 0.1) is 10.1 Å². The molecule has 1 aliphatic heterocycles. The second-order valence-electron chi connectivity index (χ2n) is 5.16. The van der Waals surface area contributed by atoms with Crippen LogP contribution < -0.4 is 9.47 Å². The van der Waals surface area contributed by atoms with Gasteiger partial charge in [0.25, 0.3) is 0 Å².